The minimum Gasteiger partial charge on any atom is -0.550 e. The van der Waals surface area contributed by atoms with Crippen LogP contribution in [0.5, 0.6) is 0 Å². The lowest BCUT2D eigenvalue weighted by Gasteiger charge is -2.15. The van der Waals surface area contributed by atoms with Crippen molar-refractivity contribution in [2.45, 2.75) is 51.9 Å². The van der Waals surface area contributed by atoms with Crippen molar-refractivity contribution in [1.82, 2.24) is 0 Å². The first-order valence-corrected chi connectivity index (χ1v) is 11.0. The molecule has 31 heavy (non-hydrogen) atoms. The Labute approximate surface area is 185 Å². The maximum atomic E-state index is 10.7. The number of hydrogen-bond donors (Lipinski definition) is 1. The molecule has 1 N–H and O–H groups in total. The topological polar surface area (TPSA) is 55.2 Å². The minimum absolute atomic E-state index is 0.0937. The zero-order valence-corrected chi connectivity index (χ0v) is 18.7. The number of hydrogen-bond acceptors (Lipinski definition) is 3. The molecule has 0 spiro atoms. The molecule has 2 aromatic rings. The van der Waals surface area contributed by atoms with E-state index >= 15 is 0 Å². The van der Waals surface area contributed by atoms with Gasteiger partial charge in [0.2, 0.25) is 5.69 Å². The number of nitrogens with zero attached hydrogens (tertiary/aromatic N) is 1. The van der Waals surface area contributed by atoms with Crippen LogP contribution in [0, 0.1) is 6.92 Å². The third-order valence-corrected chi connectivity index (χ3v) is 5.80. The van der Waals surface area contributed by atoms with Gasteiger partial charge in [-0.2, -0.15) is 4.58 Å². The van der Waals surface area contributed by atoms with Crippen LogP contribution in [0.3, 0.4) is 0 Å². The molecule has 0 bridgehead atoms. The van der Waals surface area contributed by atoms with Crippen molar-refractivity contribution in [2.75, 3.05) is 11.9 Å². The summed E-state index contributed by atoms with van der Waals surface area (Å²) in [4.78, 5) is 10.7. The molecule has 4 heteroatoms. The molecule has 1 heterocycles. The molecule has 0 radical (unpaired) electrons. The van der Waals surface area contributed by atoms with Crippen molar-refractivity contribution in [3.63, 3.8) is 0 Å². The molecule has 4 nitrogen and oxygen atoms in total. The SMILES string of the molecule is Cc1ccc2c(c1)C(C)(C)C(/C=C/C=C/Nc1ccccc1)=[N+]2CCCCCC(=O)[O-]. The molecule has 0 aromatic heterocycles. The smallest absolute Gasteiger partial charge is 0.209 e. The van der Waals surface area contributed by atoms with E-state index in [4.69, 9.17) is 0 Å². The van der Waals surface area contributed by atoms with Gasteiger partial charge < -0.3 is 15.2 Å². The number of carbonyl (C=O) groups is 1. The van der Waals surface area contributed by atoms with Gasteiger partial charge in [-0.15, -0.1) is 0 Å². The maximum absolute atomic E-state index is 10.7. The Morgan fingerprint density at radius 1 is 1.06 bits per heavy atom. The van der Waals surface area contributed by atoms with Crippen LogP contribution in [0.2, 0.25) is 0 Å². The first-order valence-electron chi connectivity index (χ1n) is 11.0. The van der Waals surface area contributed by atoms with Gasteiger partial charge in [0.15, 0.2) is 5.71 Å². The number of rotatable bonds is 10. The largest absolute Gasteiger partial charge is 0.550 e. The fourth-order valence-corrected chi connectivity index (χ4v) is 4.13. The second-order valence-electron chi connectivity index (χ2n) is 8.59. The molecule has 162 valence electrons. The molecular formula is C27H32N2O2. The number of aliphatic carboxylic acids is 1. The highest BCUT2D eigenvalue weighted by molar-refractivity contribution is 6.03. The Morgan fingerprint density at radius 2 is 1.84 bits per heavy atom. The number of unbranched alkanes of at least 4 members (excludes halogenated alkanes) is 2. The van der Waals surface area contributed by atoms with E-state index in [-0.39, 0.29) is 11.8 Å². The van der Waals surface area contributed by atoms with Gasteiger partial charge in [-0.1, -0.05) is 35.9 Å². The summed E-state index contributed by atoms with van der Waals surface area (Å²) in [6.45, 7) is 7.55. The van der Waals surface area contributed by atoms with Crippen LogP contribution >= 0.6 is 0 Å². The summed E-state index contributed by atoms with van der Waals surface area (Å²) >= 11 is 0. The fourth-order valence-electron chi connectivity index (χ4n) is 4.13. The highest BCUT2D eigenvalue weighted by Gasteiger charge is 2.43. The number of fused-ring (bicyclic) bond motifs is 1. The van der Waals surface area contributed by atoms with Gasteiger partial charge in [0.1, 0.15) is 6.54 Å². The van der Waals surface area contributed by atoms with E-state index in [9.17, 15) is 9.90 Å². The molecular weight excluding hydrogens is 384 g/mol. The Balaban J connectivity index is 1.77. The number of benzene rings is 2. The number of aryl methyl sites for hydroxylation is 1. The third kappa shape index (κ3) is 5.72. The number of para-hydroxylation sites is 1. The highest BCUT2D eigenvalue weighted by atomic mass is 16.4. The van der Waals surface area contributed by atoms with Crippen LogP contribution in [-0.4, -0.2) is 22.8 Å². The number of carboxylic acid groups (broad SMARTS) is 1. The zero-order chi connectivity index (χ0) is 22.3. The predicted molar refractivity (Wildman–Crippen MR) is 126 cm³/mol. The predicted octanol–water partition coefficient (Wildman–Crippen LogP) is 4.86. The third-order valence-electron chi connectivity index (χ3n) is 5.80. The van der Waals surface area contributed by atoms with Crippen LogP contribution < -0.4 is 10.4 Å². The Kier molecular flexibility index (Phi) is 7.45. The summed E-state index contributed by atoms with van der Waals surface area (Å²) in [7, 11) is 0. The van der Waals surface area contributed by atoms with Crippen LogP contribution in [0.15, 0.2) is 73.0 Å². The lowest BCUT2D eigenvalue weighted by Crippen LogP contribution is -2.28. The summed E-state index contributed by atoms with van der Waals surface area (Å²) in [5.41, 5.74) is 6.08. The van der Waals surface area contributed by atoms with E-state index < -0.39 is 5.97 Å². The summed E-state index contributed by atoms with van der Waals surface area (Å²) < 4.78 is 2.39. The molecule has 0 aliphatic carbocycles. The average molecular weight is 417 g/mol. The second-order valence-corrected chi connectivity index (χ2v) is 8.59. The lowest BCUT2D eigenvalue weighted by atomic mass is 9.81. The van der Waals surface area contributed by atoms with Gasteiger partial charge in [-0.25, -0.2) is 0 Å². The fraction of sp³-hybridized carbons (Fsp3) is 0.333. The molecule has 1 aliphatic heterocycles. The van der Waals surface area contributed by atoms with Crippen molar-refractivity contribution in [3.05, 3.63) is 84.1 Å². The Bertz CT molecular complexity index is 1000. The number of carboxylic acids is 1. The van der Waals surface area contributed by atoms with Gasteiger partial charge in [0, 0.05) is 42.0 Å². The summed E-state index contributed by atoms with van der Waals surface area (Å²) in [5, 5.41) is 13.9. The number of carbonyl (C=O) groups excluding carboxylic acids is 1. The lowest BCUT2D eigenvalue weighted by molar-refractivity contribution is -0.438. The summed E-state index contributed by atoms with van der Waals surface area (Å²) in [6, 6.07) is 16.7. The van der Waals surface area contributed by atoms with Crippen LogP contribution in [0.1, 0.15) is 50.7 Å². The van der Waals surface area contributed by atoms with Crippen LogP contribution in [-0.2, 0) is 10.2 Å². The Morgan fingerprint density at radius 3 is 2.58 bits per heavy atom. The van der Waals surface area contributed by atoms with E-state index in [0.717, 1.165) is 25.1 Å². The summed E-state index contributed by atoms with van der Waals surface area (Å²) in [5.74, 6) is -0.964. The molecule has 0 fully saturated rings. The van der Waals surface area contributed by atoms with E-state index in [1.165, 1.54) is 22.5 Å². The van der Waals surface area contributed by atoms with E-state index in [1.807, 2.05) is 42.6 Å². The van der Waals surface area contributed by atoms with E-state index in [2.05, 4.69) is 61.0 Å². The molecule has 0 atom stereocenters. The zero-order valence-electron chi connectivity index (χ0n) is 18.7. The monoisotopic (exact) mass is 416 g/mol. The molecule has 1 aliphatic rings. The number of anilines is 1. The minimum atomic E-state index is -0.964. The molecule has 3 rings (SSSR count). The van der Waals surface area contributed by atoms with Crippen molar-refractivity contribution in [3.8, 4) is 0 Å². The van der Waals surface area contributed by atoms with E-state index in [1.54, 1.807) is 0 Å². The van der Waals surface area contributed by atoms with Crippen molar-refractivity contribution in [2.24, 2.45) is 0 Å². The summed E-state index contributed by atoms with van der Waals surface area (Å²) in [6.07, 6.45) is 10.9. The van der Waals surface area contributed by atoms with Crippen molar-refractivity contribution < 1.29 is 14.5 Å². The second kappa shape index (κ2) is 10.3. The Hall–Kier alpha value is -3.14. The van der Waals surface area contributed by atoms with Crippen LogP contribution in [0.4, 0.5) is 11.4 Å². The highest BCUT2D eigenvalue weighted by Crippen LogP contribution is 2.40. The standard InChI is InChI=1S/C27H32N2O2/c1-21-16-17-24-23(20-21)27(2,3)25(29(24)19-11-5-8-15-26(30)31)14-9-10-18-28-22-12-6-4-7-13-22/h4,6-7,9-10,12-14,16-18,20H,5,8,11,15,19H2,1-3H3,(H,30,31). The quantitative estimate of drug-likeness (QED) is 0.342. The first-order chi connectivity index (χ1) is 14.9. The number of nitrogens with one attached hydrogen (secondary N) is 1. The first kappa shape index (κ1) is 22.5. The average Bonchev–Trinajstić information content (AvgIpc) is 2.94. The maximum Gasteiger partial charge on any atom is 0.209 e. The van der Waals surface area contributed by atoms with Crippen molar-refractivity contribution >= 4 is 23.1 Å². The van der Waals surface area contributed by atoms with Gasteiger partial charge in [-0.3, -0.25) is 0 Å². The number of allylic oxidation sites excluding steroid dienone is 3. The molecule has 0 amide bonds. The van der Waals surface area contributed by atoms with Gasteiger partial charge >= 0.3 is 0 Å². The van der Waals surface area contributed by atoms with Gasteiger partial charge in [0.25, 0.3) is 0 Å². The van der Waals surface area contributed by atoms with Crippen LogP contribution in [0.25, 0.3) is 0 Å². The normalized spacial score (nSPS) is 15.1. The molecule has 0 unspecified atom stereocenters. The molecule has 0 saturated heterocycles. The van der Waals surface area contributed by atoms with Gasteiger partial charge in [-0.05, 0) is 64.3 Å². The van der Waals surface area contributed by atoms with Gasteiger partial charge in [0.05, 0.1) is 5.41 Å². The molecule has 2 aromatic carbocycles. The van der Waals surface area contributed by atoms with Crippen molar-refractivity contribution in [1.29, 1.82) is 0 Å². The van der Waals surface area contributed by atoms with E-state index in [0.29, 0.717) is 6.42 Å². The molecule has 0 saturated carbocycles.